The van der Waals surface area contributed by atoms with Gasteiger partial charge in [0.05, 0.1) is 17.7 Å². The smallest absolute Gasteiger partial charge is 0.315 e. The monoisotopic (exact) mass is 454 g/mol. The van der Waals surface area contributed by atoms with Crippen molar-refractivity contribution in [2.45, 2.75) is 32.1 Å². The molecule has 5 nitrogen and oxygen atoms in total. The second kappa shape index (κ2) is 8.67. The van der Waals surface area contributed by atoms with Crippen LogP contribution in [0.3, 0.4) is 0 Å². The maximum atomic E-state index is 13.6. The molecule has 0 aliphatic carbocycles. The molecule has 0 saturated heterocycles. The fraction of sp³-hybridized carbons (Fsp3) is 0.360. The molecule has 0 N–H and O–H groups in total. The highest BCUT2D eigenvalue weighted by Gasteiger charge is 2.40. The summed E-state index contributed by atoms with van der Waals surface area (Å²) in [6.07, 6.45) is -2.69. The van der Waals surface area contributed by atoms with Gasteiger partial charge in [-0.15, -0.1) is 0 Å². The number of hydrogen-bond donors (Lipinski definition) is 0. The molecule has 0 bridgehead atoms. The molecule has 2 aromatic rings. The fourth-order valence-corrected chi connectivity index (χ4v) is 4.73. The number of rotatable bonds is 4. The first-order valence-corrected chi connectivity index (χ1v) is 11.2. The number of benzene rings is 2. The quantitative estimate of drug-likeness (QED) is 0.693. The number of carbonyl (C=O) groups excluding carboxylic acids is 1. The lowest BCUT2D eigenvalue weighted by atomic mass is 9.99. The van der Waals surface area contributed by atoms with Crippen LogP contribution >= 0.6 is 0 Å². The molecule has 5 rings (SSSR count). The van der Waals surface area contributed by atoms with Gasteiger partial charge in [0.1, 0.15) is 0 Å². The standard InChI is InChI=1S/C25H25F3N4O/c26-25(27,28)20-9-7-19(8-10-20)16-32-23(33)21-17-30(15-18-5-2-1-3-6-18)14-11-22(21)31-13-4-12-29-24(31)32/h1-3,5-10H,4,11-17H2. The summed E-state index contributed by atoms with van der Waals surface area (Å²) in [6.45, 7) is 3.82. The lowest BCUT2D eigenvalue weighted by Crippen LogP contribution is -2.56. The molecule has 0 aromatic heterocycles. The minimum absolute atomic E-state index is 0.0976. The van der Waals surface area contributed by atoms with E-state index in [9.17, 15) is 18.0 Å². The molecule has 3 aliphatic heterocycles. The zero-order chi connectivity index (χ0) is 23.0. The van der Waals surface area contributed by atoms with Gasteiger partial charge in [0.2, 0.25) is 5.96 Å². The number of aliphatic imine (C=N–C) groups is 1. The summed E-state index contributed by atoms with van der Waals surface area (Å²) in [6, 6.07) is 15.2. The molecule has 0 spiro atoms. The number of amides is 1. The van der Waals surface area contributed by atoms with Crippen molar-refractivity contribution in [3.05, 3.63) is 82.6 Å². The topological polar surface area (TPSA) is 39.2 Å². The van der Waals surface area contributed by atoms with Crippen LogP contribution in [0, 0.1) is 0 Å². The summed E-state index contributed by atoms with van der Waals surface area (Å²) in [7, 11) is 0. The normalized spacial score (nSPS) is 19.4. The molecule has 33 heavy (non-hydrogen) atoms. The Balaban J connectivity index is 1.40. The van der Waals surface area contributed by atoms with Gasteiger partial charge < -0.3 is 4.90 Å². The molecule has 0 saturated carbocycles. The summed E-state index contributed by atoms with van der Waals surface area (Å²) < 4.78 is 38.8. The number of hydrogen-bond acceptors (Lipinski definition) is 4. The second-order valence-electron chi connectivity index (χ2n) is 8.64. The summed E-state index contributed by atoms with van der Waals surface area (Å²) in [4.78, 5) is 24.3. The molecule has 0 atom stereocenters. The third-order valence-corrected chi connectivity index (χ3v) is 6.37. The minimum atomic E-state index is -4.38. The fourth-order valence-electron chi connectivity index (χ4n) is 4.73. The van der Waals surface area contributed by atoms with E-state index >= 15 is 0 Å². The molecular weight excluding hydrogens is 429 g/mol. The van der Waals surface area contributed by atoms with Gasteiger partial charge in [0.15, 0.2) is 0 Å². The Kier molecular flexibility index (Phi) is 5.70. The molecule has 8 heteroatoms. The number of nitrogens with zero attached hydrogens (tertiary/aromatic N) is 4. The van der Waals surface area contributed by atoms with Gasteiger partial charge in [-0.1, -0.05) is 42.5 Å². The predicted molar refractivity (Wildman–Crippen MR) is 119 cm³/mol. The van der Waals surface area contributed by atoms with Crippen LogP contribution in [-0.4, -0.2) is 52.7 Å². The molecule has 0 radical (unpaired) electrons. The van der Waals surface area contributed by atoms with Crippen molar-refractivity contribution in [1.82, 2.24) is 14.7 Å². The van der Waals surface area contributed by atoms with Gasteiger partial charge in [0, 0.05) is 44.8 Å². The van der Waals surface area contributed by atoms with E-state index in [1.165, 1.54) is 17.7 Å². The molecule has 172 valence electrons. The first-order valence-electron chi connectivity index (χ1n) is 11.2. The van der Waals surface area contributed by atoms with E-state index < -0.39 is 11.7 Å². The summed E-state index contributed by atoms with van der Waals surface area (Å²) in [5.74, 6) is 0.529. The largest absolute Gasteiger partial charge is 0.416 e. The van der Waals surface area contributed by atoms with E-state index in [1.54, 1.807) is 4.90 Å². The van der Waals surface area contributed by atoms with Crippen molar-refractivity contribution >= 4 is 11.9 Å². The van der Waals surface area contributed by atoms with Crippen molar-refractivity contribution < 1.29 is 18.0 Å². The van der Waals surface area contributed by atoms with Crippen molar-refractivity contribution in [3.8, 4) is 0 Å². The Morgan fingerprint density at radius 3 is 2.36 bits per heavy atom. The van der Waals surface area contributed by atoms with Gasteiger partial charge in [-0.2, -0.15) is 13.2 Å². The van der Waals surface area contributed by atoms with Crippen molar-refractivity contribution in [2.75, 3.05) is 26.2 Å². The Labute approximate surface area is 190 Å². The number of alkyl halides is 3. The molecule has 0 fully saturated rings. The third kappa shape index (κ3) is 4.39. The van der Waals surface area contributed by atoms with Gasteiger partial charge >= 0.3 is 6.18 Å². The molecule has 3 heterocycles. The van der Waals surface area contributed by atoms with E-state index in [2.05, 4.69) is 26.9 Å². The summed E-state index contributed by atoms with van der Waals surface area (Å²) in [5, 5.41) is 0. The Morgan fingerprint density at radius 1 is 0.909 bits per heavy atom. The van der Waals surface area contributed by atoms with Gasteiger partial charge in [0.25, 0.3) is 5.91 Å². The summed E-state index contributed by atoms with van der Waals surface area (Å²) >= 11 is 0. The summed E-state index contributed by atoms with van der Waals surface area (Å²) in [5.41, 5.74) is 2.97. The van der Waals surface area contributed by atoms with Gasteiger partial charge in [-0.05, 0) is 29.7 Å². The highest BCUT2D eigenvalue weighted by atomic mass is 19.4. The van der Waals surface area contributed by atoms with E-state index in [4.69, 9.17) is 0 Å². The lowest BCUT2D eigenvalue weighted by Gasteiger charge is -2.45. The van der Waals surface area contributed by atoms with Crippen LogP contribution in [0.4, 0.5) is 13.2 Å². The lowest BCUT2D eigenvalue weighted by molar-refractivity contribution is -0.137. The van der Waals surface area contributed by atoms with Crippen molar-refractivity contribution in [3.63, 3.8) is 0 Å². The number of guanidine groups is 1. The molecule has 1 amide bonds. The average molecular weight is 454 g/mol. The van der Waals surface area contributed by atoms with Gasteiger partial charge in [-0.3, -0.25) is 19.6 Å². The second-order valence-corrected chi connectivity index (χ2v) is 8.64. The number of fused-ring (bicyclic) bond motifs is 2. The van der Waals surface area contributed by atoms with Crippen LogP contribution in [0.5, 0.6) is 0 Å². The Hall–Kier alpha value is -3.13. The highest BCUT2D eigenvalue weighted by molar-refractivity contribution is 6.09. The van der Waals surface area contributed by atoms with Crippen LogP contribution in [0.2, 0.25) is 0 Å². The van der Waals surface area contributed by atoms with E-state index in [0.29, 0.717) is 24.6 Å². The first kappa shape index (κ1) is 21.7. The average Bonchev–Trinajstić information content (AvgIpc) is 2.82. The van der Waals surface area contributed by atoms with E-state index in [0.717, 1.165) is 55.9 Å². The zero-order valence-corrected chi connectivity index (χ0v) is 18.2. The van der Waals surface area contributed by atoms with Gasteiger partial charge in [-0.25, -0.2) is 0 Å². The zero-order valence-electron chi connectivity index (χ0n) is 18.2. The maximum absolute atomic E-state index is 13.6. The Morgan fingerprint density at radius 2 is 1.64 bits per heavy atom. The van der Waals surface area contributed by atoms with E-state index in [-0.39, 0.29) is 12.5 Å². The third-order valence-electron chi connectivity index (χ3n) is 6.37. The number of halogens is 3. The van der Waals surface area contributed by atoms with Crippen LogP contribution in [0.25, 0.3) is 0 Å². The Bertz CT molecular complexity index is 1090. The van der Waals surface area contributed by atoms with Crippen LogP contribution in [0.15, 0.2) is 70.9 Å². The SMILES string of the molecule is O=C1C2=C(CCN(Cc3ccccc3)C2)N2CCCN=C2N1Cc1ccc(C(F)(F)F)cc1. The highest BCUT2D eigenvalue weighted by Crippen LogP contribution is 2.33. The molecule has 2 aromatic carbocycles. The van der Waals surface area contributed by atoms with Crippen molar-refractivity contribution in [1.29, 1.82) is 0 Å². The molecule has 0 unspecified atom stereocenters. The van der Waals surface area contributed by atoms with Crippen LogP contribution in [0.1, 0.15) is 29.5 Å². The molecule has 3 aliphatic rings. The van der Waals surface area contributed by atoms with E-state index in [1.807, 2.05) is 18.2 Å². The molecular formula is C25H25F3N4O. The van der Waals surface area contributed by atoms with Crippen molar-refractivity contribution in [2.24, 2.45) is 4.99 Å². The minimum Gasteiger partial charge on any atom is -0.315 e. The van der Waals surface area contributed by atoms with Crippen LogP contribution < -0.4 is 0 Å². The maximum Gasteiger partial charge on any atom is 0.416 e. The van der Waals surface area contributed by atoms with Crippen LogP contribution in [-0.2, 0) is 24.1 Å². The predicted octanol–water partition coefficient (Wildman–Crippen LogP) is 4.27. The first-order chi connectivity index (χ1) is 15.9. The number of carbonyl (C=O) groups is 1.